The maximum Gasteiger partial charge on any atom is 0.303 e. The summed E-state index contributed by atoms with van der Waals surface area (Å²) in [5.41, 5.74) is 0.895. The van der Waals surface area contributed by atoms with E-state index in [-0.39, 0.29) is 18.7 Å². The van der Waals surface area contributed by atoms with E-state index in [0.717, 1.165) is 10.9 Å². The number of fused-ring (bicyclic) bond motifs is 1. The molecule has 0 aliphatic heterocycles. The Balaban J connectivity index is 2.06. The predicted molar refractivity (Wildman–Crippen MR) is 81.0 cm³/mol. The van der Waals surface area contributed by atoms with Crippen LogP contribution >= 0.6 is 0 Å². The van der Waals surface area contributed by atoms with Crippen molar-refractivity contribution < 1.29 is 14.7 Å². The first-order valence-electron chi connectivity index (χ1n) is 6.72. The second kappa shape index (κ2) is 5.91. The second-order valence-electron chi connectivity index (χ2n) is 5.88. The van der Waals surface area contributed by atoms with Crippen molar-refractivity contribution in [2.45, 2.75) is 26.7 Å². The molecule has 0 saturated heterocycles. The van der Waals surface area contributed by atoms with Crippen LogP contribution in [0.4, 0.5) is 5.69 Å². The highest BCUT2D eigenvalue weighted by Gasteiger charge is 2.25. The Morgan fingerprint density at radius 2 is 1.95 bits per heavy atom. The number of hydrogen-bond donors (Lipinski definition) is 2. The first kappa shape index (κ1) is 15.0. The number of carboxylic acids is 1. The van der Waals surface area contributed by atoms with Gasteiger partial charge >= 0.3 is 5.97 Å². The summed E-state index contributed by atoms with van der Waals surface area (Å²) in [5, 5.41) is 12.5. The summed E-state index contributed by atoms with van der Waals surface area (Å²) in [7, 11) is 0. The highest BCUT2D eigenvalue weighted by atomic mass is 16.4. The molecule has 0 atom stereocenters. The van der Waals surface area contributed by atoms with Crippen LogP contribution in [0.3, 0.4) is 0 Å². The van der Waals surface area contributed by atoms with Gasteiger partial charge in [0.2, 0.25) is 5.91 Å². The lowest BCUT2D eigenvalue weighted by atomic mass is 9.85. The molecule has 0 fully saturated rings. The molecule has 2 N–H and O–H groups in total. The molecular weight excluding hydrogens is 268 g/mol. The van der Waals surface area contributed by atoms with Crippen molar-refractivity contribution in [2.24, 2.45) is 5.41 Å². The number of anilines is 1. The van der Waals surface area contributed by atoms with Crippen LogP contribution in [-0.4, -0.2) is 22.0 Å². The third kappa shape index (κ3) is 4.27. The minimum absolute atomic E-state index is 0.0452. The van der Waals surface area contributed by atoms with Crippen LogP contribution in [0.15, 0.2) is 36.5 Å². The van der Waals surface area contributed by atoms with Gasteiger partial charge in [0.25, 0.3) is 0 Å². The molecule has 0 bridgehead atoms. The number of nitrogens with zero attached hydrogens (tertiary/aromatic N) is 1. The summed E-state index contributed by atoms with van der Waals surface area (Å²) in [6.07, 6.45) is 1.70. The van der Waals surface area contributed by atoms with Crippen molar-refractivity contribution in [2.75, 3.05) is 5.32 Å². The first-order chi connectivity index (χ1) is 9.85. The molecule has 0 radical (unpaired) electrons. The van der Waals surface area contributed by atoms with E-state index in [1.807, 2.05) is 30.3 Å². The Bertz CT molecular complexity index is 680. The number of carbonyl (C=O) groups is 2. The van der Waals surface area contributed by atoms with Gasteiger partial charge in [-0.15, -0.1) is 0 Å². The quantitative estimate of drug-likeness (QED) is 0.885. The number of pyridine rings is 1. The molecule has 1 aromatic carbocycles. The number of amides is 1. The number of para-hydroxylation sites is 1. The monoisotopic (exact) mass is 286 g/mol. The first-order valence-corrected chi connectivity index (χ1v) is 6.72. The fraction of sp³-hybridized carbons (Fsp3) is 0.312. The lowest BCUT2D eigenvalue weighted by Crippen LogP contribution is -2.24. The van der Waals surface area contributed by atoms with E-state index in [1.165, 1.54) is 0 Å². The third-order valence-corrected chi connectivity index (χ3v) is 3.14. The lowest BCUT2D eigenvalue weighted by Gasteiger charge is -2.21. The van der Waals surface area contributed by atoms with E-state index < -0.39 is 11.4 Å². The van der Waals surface area contributed by atoms with E-state index in [4.69, 9.17) is 5.11 Å². The van der Waals surface area contributed by atoms with Crippen molar-refractivity contribution >= 4 is 28.5 Å². The van der Waals surface area contributed by atoms with E-state index in [0.29, 0.717) is 5.69 Å². The second-order valence-corrected chi connectivity index (χ2v) is 5.88. The molecule has 5 nitrogen and oxygen atoms in total. The number of carboxylic acid groups (broad SMARTS) is 1. The fourth-order valence-electron chi connectivity index (χ4n) is 2.25. The van der Waals surface area contributed by atoms with E-state index in [9.17, 15) is 9.59 Å². The molecule has 0 aliphatic rings. The molecule has 21 heavy (non-hydrogen) atoms. The van der Waals surface area contributed by atoms with Crippen LogP contribution in [0, 0.1) is 5.41 Å². The van der Waals surface area contributed by atoms with Crippen molar-refractivity contribution in [1.29, 1.82) is 0 Å². The van der Waals surface area contributed by atoms with Crippen LogP contribution in [0.25, 0.3) is 10.9 Å². The predicted octanol–water partition coefficient (Wildman–Crippen LogP) is 3.06. The Morgan fingerprint density at radius 3 is 2.67 bits per heavy atom. The third-order valence-electron chi connectivity index (χ3n) is 3.14. The molecule has 1 amide bonds. The average molecular weight is 286 g/mol. The van der Waals surface area contributed by atoms with Gasteiger partial charge < -0.3 is 10.4 Å². The lowest BCUT2D eigenvalue weighted by molar-refractivity contribution is -0.139. The van der Waals surface area contributed by atoms with E-state index in [1.54, 1.807) is 20.0 Å². The summed E-state index contributed by atoms with van der Waals surface area (Å²) in [6, 6.07) is 9.49. The summed E-state index contributed by atoms with van der Waals surface area (Å²) in [6.45, 7) is 3.53. The van der Waals surface area contributed by atoms with Gasteiger partial charge in [0.15, 0.2) is 0 Å². The molecule has 0 spiro atoms. The number of aliphatic carboxylic acids is 1. The zero-order valence-electron chi connectivity index (χ0n) is 12.1. The maximum atomic E-state index is 12.0. The van der Waals surface area contributed by atoms with Crippen molar-refractivity contribution in [3.05, 3.63) is 36.5 Å². The van der Waals surface area contributed by atoms with Crippen LogP contribution in [0.1, 0.15) is 26.7 Å². The minimum atomic E-state index is -0.903. The van der Waals surface area contributed by atoms with E-state index >= 15 is 0 Å². The average Bonchev–Trinajstić information content (AvgIpc) is 2.36. The highest BCUT2D eigenvalue weighted by Crippen LogP contribution is 2.26. The molecule has 0 saturated carbocycles. The Kier molecular flexibility index (Phi) is 4.21. The van der Waals surface area contributed by atoms with Crippen LogP contribution in [-0.2, 0) is 9.59 Å². The van der Waals surface area contributed by atoms with Crippen LogP contribution in [0.5, 0.6) is 0 Å². The van der Waals surface area contributed by atoms with Crippen LogP contribution < -0.4 is 5.32 Å². The standard InChI is InChI=1S/C16H18N2O3/c1-16(2,9-15(20)21)8-14(19)18-12-7-11-5-3-4-6-13(11)17-10-12/h3-7,10H,8-9H2,1-2H3,(H,18,19)(H,20,21). The summed E-state index contributed by atoms with van der Waals surface area (Å²) in [4.78, 5) is 27.0. The zero-order valence-corrected chi connectivity index (χ0v) is 12.1. The molecule has 1 aromatic heterocycles. The van der Waals surface area contributed by atoms with Gasteiger partial charge in [0.1, 0.15) is 0 Å². The molecule has 1 heterocycles. The van der Waals surface area contributed by atoms with Gasteiger partial charge in [-0.2, -0.15) is 0 Å². The van der Waals surface area contributed by atoms with Crippen molar-refractivity contribution in [3.8, 4) is 0 Å². The topological polar surface area (TPSA) is 79.3 Å². The van der Waals surface area contributed by atoms with Gasteiger partial charge in [-0.3, -0.25) is 14.6 Å². The normalized spacial score (nSPS) is 11.3. The van der Waals surface area contributed by atoms with Gasteiger partial charge in [-0.1, -0.05) is 32.0 Å². The summed E-state index contributed by atoms with van der Waals surface area (Å²) < 4.78 is 0. The highest BCUT2D eigenvalue weighted by molar-refractivity contribution is 5.93. The summed E-state index contributed by atoms with van der Waals surface area (Å²) >= 11 is 0. The maximum absolute atomic E-state index is 12.0. The summed E-state index contributed by atoms with van der Waals surface area (Å²) in [5.74, 6) is -1.11. The van der Waals surface area contributed by atoms with Crippen molar-refractivity contribution in [1.82, 2.24) is 4.98 Å². The Labute approximate surface area is 123 Å². The number of benzene rings is 1. The molecular formula is C16H18N2O3. The molecule has 2 aromatic rings. The minimum Gasteiger partial charge on any atom is -0.481 e. The van der Waals surface area contributed by atoms with Gasteiger partial charge in [0, 0.05) is 11.8 Å². The Morgan fingerprint density at radius 1 is 1.24 bits per heavy atom. The molecule has 2 rings (SSSR count). The largest absolute Gasteiger partial charge is 0.481 e. The number of rotatable bonds is 5. The number of carbonyl (C=O) groups excluding carboxylic acids is 1. The van der Waals surface area contributed by atoms with Crippen LogP contribution in [0.2, 0.25) is 0 Å². The zero-order chi connectivity index (χ0) is 15.5. The number of hydrogen-bond acceptors (Lipinski definition) is 3. The fourth-order valence-corrected chi connectivity index (χ4v) is 2.25. The van der Waals surface area contributed by atoms with Gasteiger partial charge in [-0.25, -0.2) is 0 Å². The van der Waals surface area contributed by atoms with Crippen molar-refractivity contribution in [3.63, 3.8) is 0 Å². The Hall–Kier alpha value is -2.43. The molecule has 110 valence electrons. The SMILES string of the molecule is CC(C)(CC(=O)O)CC(=O)Nc1cnc2ccccc2c1. The van der Waals surface area contributed by atoms with Gasteiger partial charge in [0.05, 0.1) is 23.8 Å². The van der Waals surface area contributed by atoms with E-state index in [2.05, 4.69) is 10.3 Å². The molecule has 0 unspecified atom stereocenters. The number of nitrogens with one attached hydrogen (secondary N) is 1. The molecule has 5 heteroatoms. The smallest absolute Gasteiger partial charge is 0.303 e. The number of aromatic nitrogens is 1. The van der Waals surface area contributed by atoms with Gasteiger partial charge in [-0.05, 0) is 17.5 Å². The molecule has 0 aliphatic carbocycles.